The van der Waals surface area contributed by atoms with Gasteiger partial charge in [-0.05, 0) is 56.2 Å². The molecule has 2 amide bonds. The Balaban J connectivity index is 1.32. The number of benzene rings is 1. The molecule has 3 aromatic rings. The Hall–Kier alpha value is -3.10. The molecule has 2 N–H and O–H groups in total. The Labute approximate surface area is 202 Å². The third-order valence-corrected chi connectivity index (χ3v) is 6.54. The first-order chi connectivity index (χ1) is 16.4. The Morgan fingerprint density at radius 3 is 2.71 bits per heavy atom. The van der Waals surface area contributed by atoms with Gasteiger partial charge in [-0.25, -0.2) is 14.2 Å². The number of aromatic amines is 1. The molecule has 7 nitrogen and oxygen atoms in total. The van der Waals surface area contributed by atoms with Gasteiger partial charge in [-0.1, -0.05) is 17.7 Å². The number of urea groups is 1. The molecule has 2 atom stereocenters. The normalized spacial score (nSPS) is 21.0. The van der Waals surface area contributed by atoms with Gasteiger partial charge in [0.25, 0.3) is 0 Å². The number of rotatable bonds is 3. The third kappa shape index (κ3) is 4.60. The number of carbonyl (C=O) groups excluding carboxylic acids is 1. The smallest absolute Gasteiger partial charge is 0.320 e. The van der Waals surface area contributed by atoms with E-state index in [9.17, 15) is 9.18 Å². The molecule has 2 aliphatic rings. The van der Waals surface area contributed by atoms with Crippen molar-refractivity contribution in [3.05, 3.63) is 59.1 Å². The first kappa shape index (κ1) is 22.7. The van der Waals surface area contributed by atoms with Crippen LogP contribution in [-0.2, 0) is 4.74 Å². The number of anilines is 2. The van der Waals surface area contributed by atoms with Gasteiger partial charge in [-0.15, -0.1) is 0 Å². The lowest BCUT2D eigenvalue weighted by Crippen LogP contribution is -2.53. The van der Waals surface area contributed by atoms with Gasteiger partial charge in [0.1, 0.15) is 11.5 Å². The number of fused-ring (bicyclic) bond motifs is 1. The van der Waals surface area contributed by atoms with E-state index in [4.69, 9.17) is 16.3 Å². The number of hydrogen-bond donors (Lipinski definition) is 2. The summed E-state index contributed by atoms with van der Waals surface area (Å²) in [5.74, 6) is -0.453. The van der Waals surface area contributed by atoms with Crippen LogP contribution in [-0.4, -0.2) is 64.2 Å². The number of nitrogens with one attached hydrogen (secondary N) is 2. The average molecular weight is 484 g/mol. The van der Waals surface area contributed by atoms with E-state index in [0.29, 0.717) is 31.9 Å². The van der Waals surface area contributed by atoms with Crippen molar-refractivity contribution in [1.82, 2.24) is 19.8 Å². The quantitative estimate of drug-likeness (QED) is 0.522. The lowest BCUT2D eigenvalue weighted by Gasteiger charge is -2.39. The summed E-state index contributed by atoms with van der Waals surface area (Å²) in [6.07, 6.45) is 4.68. The Kier molecular flexibility index (Phi) is 6.18. The van der Waals surface area contributed by atoms with Crippen LogP contribution in [0.25, 0.3) is 16.6 Å². The fourth-order valence-corrected chi connectivity index (χ4v) is 4.84. The number of aromatic nitrogens is 2. The highest BCUT2D eigenvalue weighted by molar-refractivity contribution is 6.31. The second-order valence-corrected chi connectivity index (χ2v) is 9.34. The zero-order valence-electron chi connectivity index (χ0n) is 19.1. The molecule has 1 fully saturated rings. The molecule has 5 rings (SSSR count). The Morgan fingerprint density at radius 1 is 1.21 bits per heavy atom. The van der Waals surface area contributed by atoms with E-state index < -0.39 is 5.82 Å². The minimum Gasteiger partial charge on any atom is -0.372 e. The molecular formula is C25H27ClFN5O2. The van der Waals surface area contributed by atoms with Gasteiger partial charge >= 0.3 is 6.03 Å². The van der Waals surface area contributed by atoms with Gasteiger partial charge in [0.2, 0.25) is 0 Å². The summed E-state index contributed by atoms with van der Waals surface area (Å²) < 4.78 is 19.3. The fourth-order valence-electron chi connectivity index (χ4n) is 4.66. The first-order valence-electron chi connectivity index (χ1n) is 11.5. The molecule has 0 unspecified atom stereocenters. The summed E-state index contributed by atoms with van der Waals surface area (Å²) in [4.78, 5) is 24.6. The van der Waals surface area contributed by atoms with E-state index in [1.54, 1.807) is 18.3 Å². The molecule has 0 bridgehead atoms. The Morgan fingerprint density at radius 2 is 2.00 bits per heavy atom. The Bertz CT molecular complexity index is 1250. The molecule has 4 heterocycles. The van der Waals surface area contributed by atoms with Gasteiger partial charge in [0.15, 0.2) is 0 Å². The number of morpholine rings is 1. The van der Waals surface area contributed by atoms with E-state index in [-0.39, 0.29) is 23.3 Å². The molecule has 0 aliphatic carbocycles. The highest BCUT2D eigenvalue weighted by Gasteiger charge is 2.30. The molecular weight excluding hydrogens is 457 g/mol. The summed E-state index contributed by atoms with van der Waals surface area (Å²) in [5, 5.41) is 4.29. The number of H-pyrrole nitrogens is 1. The second kappa shape index (κ2) is 9.27. The largest absolute Gasteiger partial charge is 0.372 e. The first-order valence-corrected chi connectivity index (χ1v) is 11.8. The number of nitrogens with zero attached hydrogens (tertiary/aromatic N) is 3. The lowest BCUT2D eigenvalue weighted by atomic mass is 10.0. The molecule has 2 aliphatic heterocycles. The zero-order valence-corrected chi connectivity index (χ0v) is 19.9. The van der Waals surface area contributed by atoms with Crippen molar-refractivity contribution in [1.29, 1.82) is 0 Å². The van der Waals surface area contributed by atoms with E-state index >= 15 is 0 Å². The zero-order chi connectivity index (χ0) is 23.8. The van der Waals surface area contributed by atoms with Gasteiger partial charge in [-0.3, -0.25) is 0 Å². The van der Waals surface area contributed by atoms with Crippen LogP contribution in [0.1, 0.15) is 26.0 Å². The molecule has 0 spiro atoms. The topological polar surface area (TPSA) is 73.5 Å². The van der Waals surface area contributed by atoms with E-state index in [1.807, 2.05) is 29.7 Å². The molecule has 0 radical (unpaired) electrons. The molecule has 2 aromatic heterocycles. The number of halogens is 2. The SMILES string of the molecule is C[C@@H]1CN(C(=O)N2CC=C(c3cc4c(Nc5ccc(F)c(Cl)c5)ccnc4[nH]3)CC2)C[C@H](C)O1. The summed E-state index contributed by atoms with van der Waals surface area (Å²) in [7, 11) is 0. The maximum absolute atomic E-state index is 13.5. The van der Waals surface area contributed by atoms with Crippen molar-refractivity contribution in [2.45, 2.75) is 32.5 Å². The van der Waals surface area contributed by atoms with Crippen molar-refractivity contribution < 1.29 is 13.9 Å². The van der Waals surface area contributed by atoms with Crippen LogP contribution in [0, 0.1) is 5.82 Å². The number of ether oxygens (including phenoxy) is 1. The number of amides is 2. The van der Waals surface area contributed by atoms with Crippen LogP contribution in [0.4, 0.5) is 20.6 Å². The second-order valence-electron chi connectivity index (χ2n) is 8.93. The number of hydrogen-bond acceptors (Lipinski definition) is 4. The van der Waals surface area contributed by atoms with Crippen LogP contribution < -0.4 is 5.32 Å². The fraction of sp³-hybridized carbons (Fsp3) is 0.360. The summed E-state index contributed by atoms with van der Waals surface area (Å²) in [5.41, 5.74) is 4.43. The van der Waals surface area contributed by atoms with Gasteiger partial charge < -0.3 is 24.8 Å². The van der Waals surface area contributed by atoms with Crippen LogP contribution in [0.2, 0.25) is 5.02 Å². The van der Waals surface area contributed by atoms with Crippen LogP contribution in [0.5, 0.6) is 0 Å². The minimum atomic E-state index is -0.453. The maximum Gasteiger partial charge on any atom is 0.320 e. The van der Waals surface area contributed by atoms with Crippen molar-refractivity contribution >= 4 is 45.6 Å². The standard InChI is InChI=1S/C25H27ClFN5O2/c1-15-13-32(14-16(2)34-15)25(33)31-9-6-17(7-10-31)23-12-19-22(5-8-28-24(19)30-23)29-18-3-4-21(27)20(26)11-18/h3-6,8,11-12,15-16H,7,9-10,13-14H2,1-2H3,(H2,28,29,30)/t15-,16+. The van der Waals surface area contributed by atoms with Gasteiger partial charge in [0, 0.05) is 49.1 Å². The maximum atomic E-state index is 13.5. The monoisotopic (exact) mass is 483 g/mol. The predicted molar refractivity (Wildman–Crippen MR) is 132 cm³/mol. The van der Waals surface area contributed by atoms with Crippen molar-refractivity contribution in [3.8, 4) is 0 Å². The van der Waals surface area contributed by atoms with Crippen molar-refractivity contribution in [2.75, 3.05) is 31.5 Å². The van der Waals surface area contributed by atoms with Crippen LogP contribution in [0.15, 0.2) is 42.6 Å². The van der Waals surface area contributed by atoms with E-state index in [0.717, 1.165) is 34.4 Å². The van der Waals surface area contributed by atoms with Crippen molar-refractivity contribution in [3.63, 3.8) is 0 Å². The van der Waals surface area contributed by atoms with Crippen LogP contribution >= 0.6 is 11.6 Å². The summed E-state index contributed by atoms with van der Waals surface area (Å²) in [6, 6.07) is 8.54. The predicted octanol–water partition coefficient (Wildman–Crippen LogP) is 5.42. The molecule has 34 heavy (non-hydrogen) atoms. The molecule has 1 aromatic carbocycles. The van der Waals surface area contributed by atoms with Crippen LogP contribution in [0.3, 0.4) is 0 Å². The molecule has 9 heteroatoms. The highest BCUT2D eigenvalue weighted by atomic mass is 35.5. The van der Waals surface area contributed by atoms with Crippen molar-refractivity contribution in [2.24, 2.45) is 0 Å². The summed E-state index contributed by atoms with van der Waals surface area (Å²) >= 11 is 5.92. The van der Waals surface area contributed by atoms with Gasteiger partial charge in [0.05, 0.1) is 22.9 Å². The highest BCUT2D eigenvalue weighted by Crippen LogP contribution is 2.31. The molecule has 1 saturated heterocycles. The third-order valence-electron chi connectivity index (χ3n) is 6.25. The van der Waals surface area contributed by atoms with E-state index in [2.05, 4.69) is 27.4 Å². The molecule has 178 valence electrons. The summed E-state index contributed by atoms with van der Waals surface area (Å²) in [6.45, 7) is 6.48. The number of carbonyl (C=O) groups is 1. The van der Waals surface area contributed by atoms with E-state index in [1.165, 1.54) is 6.07 Å². The molecule has 0 saturated carbocycles. The minimum absolute atomic E-state index is 0.0520. The average Bonchev–Trinajstić information content (AvgIpc) is 3.26. The van der Waals surface area contributed by atoms with Gasteiger partial charge in [-0.2, -0.15) is 0 Å². The number of pyridine rings is 1. The lowest BCUT2D eigenvalue weighted by molar-refractivity contribution is -0.0579.